The van der Waals surface area contributed by atoms with Gasteiger partial charge in [-0.2, -0.15) is 0 Å². The molecule has 0 aliphatic rings. The van der Waals surface area contributed by atoms with Gasteiger partial charge in [0.15, 0.2) is 0 Å². The molecule has 2 aromatic rings. The molecule has 0 aliphatic carbocycles. The van der Waals surface area contributed by atoms with Gasteiger partial charge in [-0.3, -0.25) is 4.79 Å². The van der Waals surface area contributed by atoms with Gasteiger partial charge in [0.2, 0.25) is 0 Å². The van der Waals surface area contributed by atoms with E-state index in [0.717, 1.165) is 16.7 Å². The Labute approximate surface area is 154 Å². The van der Waals surface area contributed by atoms with E-state index in [1.807, 2.05) is 50.2 Å². The summed E-state index contributed by atoms with van der Waals surface area (Å²) in [7, 11) is 0. The molecule has 0 fully saturated rings. The maximum atomic E-state index is 11.9. The molecule has 1 unspecified atom stereocenters. The Morgan fingerprint density at radius 2 is 1.50 bits per heavy atom. The van der Waals surface area contributed by atoms with Gasteiger partial charge < -0.3 is 15.2 Å². The summed E-state index contributed by atoms with van der Waals surface area (Å²) in [4.78, 5) is 23.5. The molecular weight excluding hydrogens is 330 g/mol. The number of carbonyl (C=O) groups is 2. The van der Waals surface area contributed by atoms with Gasteiger partial charge in [0.25, 0.3) is 0 Å². The number of benzene rings is 2. The number of esters is 2. The molecule has 5 heteroatoms. The minimum absolute atomic E-state index is 0.143. The van der Waals surface area contributed by atoms with E-state index in [2.05, 4.69) is 0 Å². The third-order valence-corrected chi connectivity index (χ3v) is 3.80. The molecular formula is C21H25NO4. The van der Waals surface area contributed by atoms with Crippen molar-refractivity contribution in [2.24, 2.45) is 5.73 Å². The number of hydrogen-bond donors (Lipinski definition) is 1. The van der Waals surface area contributed by atoms with E-state index in [4.69, 9.17) is 15.2 Å². The number of nitrogens with two attached hydrogens (primary N) is 1. The van der Waals surface area contributed by atoms with Crippen LogP contribution in [0.2, 0.25) is 0 Å². The molecule has 5 nitrogen and oxygen atoms in total. The Kier molecular flexibility index (Phi) is 6.92. The van der Waals surface area contributed by atoms with Crippen LogP contribution in [0.4, 0.5) is 0 Å². The Hall–Kier alpha value is -2.66. The van der Waals surface area contributed by atoms with Gasteiger partial charge in [-0.25, -0.2) is 4.79 Å². The first kappa shape index (κ1) is 19.7. The maximum Gasteiger partial charge on any atom is 0.338 e. The van der Waals surface area contributed by atoms with Gasteiger partial charge in [-0.05, 0) is 56.0 Å². The zero-order chi connectivity index (χ0) is 19.1. The third kappa shape index (κ3) is 5.43. The molecule has 0 aliphatic heterocycles. The lowest BCUT2D eigenvalue weighted by molar-refractivity contribution is -0.144. The molecule has 0 radical (unpaired) electrons. The quantitative estimate of drug-likeness (QED) is 0.771. The highest BCUT2D eigenvalue weighted by atomic mass is 16.5. The van der Waals surface area contributed by atoms with Crippen LogP contribution >= 0.6 is 0 Å². The van der Waals surface area contributed by atoms with Crippen molar-refractivity contribution >= 4 is 11.9 Å². The Balaban J connectivity index is 2.04. The van der Waals surface area contributed by atoms with E-state index in [1.54, 1.807) is 19.1 Å². The van der Waals surface area contributed by atoms with Crippen molar-refractivity contribution in [3.63, 3.8) is 0 Å². The Bertz CT molecular complexity index is 736. The van der Waals surface area contributed by atoms with Crippen LogP contribution in [0, 0.1) is 0 Å². The van der Waals surface area contributed by atoms with Crippen LogP contribution in [-0.4, -0.2) is 30.7 Å². The standard InChI is InChI=1S/C21H25NO4/c1-4-25-21(24)19(22)13-15-5-7-16(8-6-15)17-9-11-18(12-10-17)20(23)26-14(2)3/h5-12,14,19H,4,13,22H2,1-3H3. The highest BCUT2D eigenvalue weighted by Crippen LogP contribution is 2.21. The number of hydrogen-bond acceptors (Lipinski definition) is 5. The van der Waals surface area contributed by atoms with Crippen LogP contribution in [-0.2, 0) is 20.7 Å². The first-order valence-electron chi connectivity index (χ1n) is 8.73. The van der Waals surface area contributed by atoms with Gasteiger partial charge in [0.05, 0.1) is 18.3 Å². The van der Waals surface area contributed by atoms with Crippen molar-refractivity contribution in [2.45, 2.75) is 39.3 Å². The summed E-state index contributed by atoms with van der Waals surface area (Å²) in [5, 5.41) is 0. The largest absolute Gasteiger partial charge is 0.465 e. The smallest absolute Gasteiger partial charge is 0.338 e. The van der Waals surface area contributed by atoms with E-state index in [-0.39, 0.29) is 18.0 Å². The first-order chi connectivity index (χ1) is 12.4. The Morgan fingerprint density at radius 1 is 0.962 bits per heavy atom. The van der Waals surface area contributed by atoms with Crippen molar-refractivity contribution < 1.29 is 19.1 Å². The van der Waals surface area contributed by atoms with E-state index >= 15 is 0 Å². The van der Waals surface area contributed by atoms with E-state index in [0.29, 0.717) is 18.6 Å². The van der Waals surface area contributed by atoms with Crippen molar-refractivity contribution in [3.05, 3.63) is 59.7 Å². The molecule has 0 heterocycles. The number of rotatable bonds is 7. The lowest BCUT2D eigenvalue weighted by Crippen LogP contribution is -2.34. The molecule has 0 aromatic heterocycles. The number of carbonyl (C=O) groups excluding carboxylic acids is 2. The minimum Gasteiger partial charge on any atom is -0.465 e. The van der Waals surface area contributed by atoms with Crippen molar-refractivity contribution in [1.29, 1.82) is 0 Å². The van der Waals surface area contributed by atoms with Crippen LogP contribution in [0.1, 0.15) is 36.7 Å². The summed E-state index contributed by atoms with van der Waals surface area (Å²) in [6.07, 6.45) is 0.287. The average Bonchev–Trinajstić information content (AvgIpc) is 2.62. The van der Waals surface area contributed by atoms with Gasteiger partial charge in [-0.15, -0.1) is 0 Å². The third-order valence-electron chi connectivity index (χ3n) is 3.80. The highest BCUT2D eigenvalue weighted by molar-refractivity contribution is 5.90. The maximum absolute atomic E-state index is 11.9. The SMILES string of the molecule is CCOC(=O)C(N)Cc1ccc(-c2ccc(C(=O)OC(C)C)cc2)cc1. The second-order valence-corrected chi connectivity index (χ2v) is 6.29. The van der Waals surface area contributed by atoms with Crippen LogP contribution in [0.15, 0.2) is 48.5 Å². The number of ether oxygens (including phenoxy) is 2. The predicted molar refractivity (Wildman–Crippen MR) is 101 cm³/mol. The molecule has 0 saturated carbocycles. The molecule has 1 atom stereocenters. The summed E-state index contributed by atoms with van der Waals surface area (Å²) in [5.74, 6) is -0.713. The molecule has 0 saturated heterocycles. The fourth-order valence-electron chi connectivity index (χ4n) is 2.50. The zero-order valence-electron chi connectivity index (χ0n) is 15.4. The molecule has 2 rings (SSSR count). The summed E-state index contributed by atoms with van der Waals surface area (Å²) < 4.78 is 10.1. The zero-order valence-corrected chi connectivity index (χ0v) is 15.4. The van der Waals surface area contributed by atoms with Gasteiger partial charge in [0, 0.05) is 0 Å². The molecule has 2 aromatic carbocycles. The summed E-state index contributed by atoms with van der Waals surface area (Å²) in [5.41, 5.74) is 9.35. The molecule has 26 heavy (non-hydrogen) atoms. The molecule has 138 valence electrons. The lowest BCUT2D eigenvalue weighted by atomic mass is 10.00. The van der Waals surface area contributed by atoms with Crippen molar-refractivity contribution in [3.8, 4) is 11.1 Å². The molecule has 2 N–H and O–H groups in total. The van der Waals surface area contributed by atoms with Crippen LogP contribution in [0.3, 0.4) is 0 Å². The summed E-state index contributed by atoms with van der Waals surface area (Å²) in [6.45, 7) is 5.72. The predicted octanol–water partition coefficient (Wildman–Crippen LogP) is 3.35. The summed E-state index contributed by atoms with van der Waals surface area (Å²) in [6, 6.07) is 14.4. The van der Waals surface area contributed by atoms with E-state index in [1.165, 1.54) is 0 Å². The highest BCUT2D eigenvalue weighted by Gasteiger charge is 2.15. The monoisotopic (exact) mass is 355 g/mol. The van der Waals surface area contributed by atoms with Crippen LogP contribution < -0.4 is 5.73 Å². The van der Waals surface area contributed by atoms with Crippen LogP contribution in [0.25, 0.3) is 11.1 Å². The minimum atomic E-state index is -0.660. The second kappa shape index (κ2) is 9.15. The fourth-order valence-corrected chi connectivity index (χ4v) is 2.50. The Morgan fingerprint density at radius 3 is 2.00 bits per heavy atom. The van der Waals surface area contributed by atoms with E-state index < -0.39 is 6.04 Å². The fraction of sp³-hybridized carbons (Fsp3) is 0.333. The molecule has 0 bridgehead atoms. The van der Waals surface area contributed by atoms with Gasteiger partial charge in [0.1, 0.15) is 6.04 Å². The normalized spacial score (nSPS) is 11.9. The van der Waals surface area contributed by atoms with Gasteiger partial charge >= 0.3 is 11.9 Å². The average molecular weight is 355 g/mol. The summed E-state index contributed by atoms with van der Waals surface area (Å²) >= 11 is 0. The van der Waals surface area contributed by atoms with Gasteiger partial charge in [-0.1, -0.05) is 36.4 Å². The van der Waals surface area contributed by atoms with Crippen molar-refractivity contribution in [1.82, 2.24) is 0 Å². The van der Waals surface area contributed by atoms with Crippen molar-refractivity contribution in [2.75, 3.05) is 6.61 Å². The lowest BCUT2D eigenvalue weighted by Gasteiger charge is -2.11. The van der Waals surface area contributed by atoms with Crippen LogP contribution in [0.5, 0.6) is 0 Å². The molecule has 0 amide bonds. The topological polar surface area (TPSA) is 78.6 Å². The molecule has 0 spiro atoms. The second-order valence-electron chi connectivity index (χ2n) is 6.29. The first-order valence-corrected chi connectivity index (χ1v) is 8.73. The van der Waals surface area contributed by atoms with E-state index in [9.17, 15) is 9.59 Å².